The largest absolute Gasteiger partial charge is 0.539 e. The van der Waals surface area contributed by atoms with Gasteiger partial charge in [-0.1, -0.05) is 6.58 Å². The van der Waals surface area contributed by atoms with Gasteiger partial charge in [0.2, 0.25) is 0 Å². The molecule has 0 N–H and O–H groups in total. The van der Waals surface area contributed by atoms with E-state index in [1.807, 2.05) is 0 Å². The SMILES string of the molecule is C=CC(=[N+]=[N-])C(=O)[O-]. The molecule has 0 bridgehead atoms. The number of carboxylic acids is 1. The van der Waals surface area contributed by atoms with Crippen molar-refractivity contribution in [3.63, 3.8) is 0 Å². The number of hydrogen-bond acceptors (Lipinski definition) is 2. The summed E-state index contributed by atoms with van der Waals surface area (Å²) in [6.07, 6.45) is 0.884. The highest BCUT2D eigenvalue weighted by Crippen LogP contribution is 1.65. The van der Waals surface area contributed by atoms with Crippen molar-refractivity contribution in [1.29, 1.82) is 0 Å². The average molecular weight is 111 g/mol. The second-order valence-electron chi connectivity index (χ2n) is 0.977. The molecule has 0 rings (SSSR count). The fourth-order valence-corrected chi connectivity index (χ4v) is 0.165. The summed E-state index contributed by atoms with van der Waals surface area (Å²) in [7, 11) is 0. The highest BCUT2D eigenvalue weighted by atomic mass is 16.4. The lowest BCUT2D eigenvalue weighted by atomic mass is 10.4. The van der Waals surface area contributed by atoms with Crippen molar-refractivity contribution in [2.45, 2.75) is 0 Å². The molecular weight excluding hydrogens is 108 g/mol. The Morgan fingerprint density at radius 3 is 2.38 bits per heavy atom. The number of carboxylic acid groups (broad SMARTS) is 1. The van der Waals surface area contributed by atoms with Gasteiger partial charge in [-0.2, -0.15) is 4.79 Å². The van der Waals surface area contributed by atoms with Crippen LogP contribution < -0.4 is 5.11 Å². The molecule has 0 aliphatic rings. The first-order valence-corrected chi connectivity index (χ1v) is 1.78. The van der Waals surface area contributed by atoms with Crippen LogP contribution in [0, 0.1) is 0 Å². The third kappa shape index (κ3) is 1.36. The number of carbonyl (C=O) groups excluding carboxylic acids is 1. The van der Waals surface area contributed by atoms with Crippen molar-refractivity contribution >= 4 is 11.7 Å². The van der Waals surface area contributed by atoms with Crippen molar-refractivity contribution in [2.75, 3.05) is 0 Å². The summed E-state index contributed by atoms with van der Waals surface area (Å²) in [6.45, 7) is 3.04. The predicted molar refractivity (Wildman–Crippen MR) is 23.8 cm³/mol. The van der Waals surface area contributed by atoms with E-state index in [1.165, 1.54) is 0 Å². The van der Waals surface area contributed by atoms with Crippen LogP contribution >= 0.6 is 0 Å². The number of carbonyl (C=O) groups is 1. The van der Waals surface area contributed by atoms with E-state index in [-0.39, 0.29) is 0 Å². The quantitative estimate of drug-likeness (QED) is 0.249. The van der Waals surface area contributed by atoms with Crippen molar-refractivity contribution in [3.05, 3.63) is 18.2 Å². The second kappa shape index (κ2) is 2.71. The van der Waals surface area contributed by atoms with Gasteiger partial charge in [0.05, 0.1) is 0 Å². The Bertz CT molecular complexity index is 167. The standard InChI is InChI=1S/C4H4N2O2/c1-2-3(6-5)4(7)8/h2H,1H2,(H,7,8)/p-1. The summed E-state index contributed by atoms with van der Waals surface area (Å²) < 4.78 is 0. The Morgan fingerprint density at radius 1 is 1.88 bits per heavy atom. The zero-order chi connectivity index (χ0) is 6.57. The molecule has 0 saturated carbocycles. The predicted octanol–water partition coefficient (Wildman–Crippen LogP) is -1.41. The van der Waals surface area contributed by atoms with Crippen molar-refractivity contribution in [2.24, 2.45) is 0 Å². The smallest absolute Gasteiger partial charge is 0.337 e. The van der Waals surface area contributed by atoms with Crippen LogP contribution in [-0.2, 0) is 4.79 Å². The molecule has 8 heavy (non-hydrogen) atoms. The first-order chi connectivity index (χ1) is 3.72. The summed E-state index contributed by atoms with van der Waals surface area (Å²) in [5, 5.41) is 9.69. The summed E-state index contributed by atoms with van der Waals surface area (Å²) in [6, 6.07) is 0. The molecule has 0 aromatic carbocycles. The highest BCUT2D eigenvalue weighted by Gasteiger charge is 1.99. The van der Waals surface area contributed by atoms with Crippen LogP contribution in [0.2, 0.25) is 0 Å². The van der Waals surface area contributed by atoms with Gasteiger partial charge in [-0.05, 0) is 0 Å². The normalized spacial score (nSPS) is 7.00. The molecule has 0 aromatic heterocycles. The average Bonchev–Trinajstić information content (AvgIpc) is 1.69. The molecule has 0 aliphatic carbocycles. The molecular formula is C4H3N2O2-. The number of rotatable bonds is 2. The number of nitrogens with zero attached hydrogens (tertiary/aromatic N) is 2. The Kier molecular flexibility index (Phi) is 2.23. The molecule has 4 heteroatoms. The maximum Gasteiger partial charge on any atom is 0.337 e. The van der Waals surface area contributed by atoms with E-state index in [0.29, 0.717) is 0 Å². The van der Waals surface area contributed by atoms with Crippen LogP contribution in [-0.4, -0.2) is 16.5 Å². The Labute approximate surface area is 45.7 Å². The summed E-state index contributed by atoms with van der Waals surface area (Å²) in [4.78, 5) is 12.0. The van der Waals surface area contributed by atoms with Gasteiger partial charge in [0.1, 0.15) is 0 Å². The van der Waals surface area contributed by atoms with E-state index < -0.39 is 11.7 Å². The van der Waals surface area contributed by atoms with Crippen molar-refractivity contribution in [1.82, 2.24) is 0 Å². The maximum atomic E-state index is 9.69. The third-order valence-corrected chi connectivity index (χ3v) is 0.510. The van der Waals surface area contributed by atoms with Gasteiger partial charge in [0.25, 0.3) is 0 Å². The Hall–Kier alpha value is -1.41. The van der Waals surface area contributed by atoms with Gasteiger partial charge in [0.15, 0.2) is 5.97 Å². The van der Waals surface area contributed by atoms with Crippen LogP contribution in [0.1, 0.15) is 0 Å². The maximum absolute atomic E-state index is 9.69. The third-order valence-electron chi connectivity index (χ3n) is 0.510. The lowest BCUT2D eigenvalue weighted by Gasteiger charge is -1.84. The highest BCUT2D eigenvalue weighted by molar-refractivity contribution is 6.36. The van der Waals surface area contributed by atoms with E-state index in [9.17, 15) is 9.90 Å². The van der Waals surface area contributed by atoms with Crippen molar-refractivity contribution < 1.29 is 14.7 Å². The Morgan fingerprint density at radius 2 is 2.38 bits per heavy atom. The fourth-order valence-electron chi connectivity index (χ4n) is 0.165. The lowest BCUT2D eigenvalue weighted by Crippen LogP contribution is -2.30. The van der Waals surface area contributed by atoms with Gasteiger partial charge < -0.3 is 15.4 Å². The molecule has 0 atom stereocenters. The van der Waals surface area contributed by atoms with Gasteiger partial charge in [0, 0.05) is 6.08 Å². The molecule has 0 aliphatic heterocycles. The monoisotopic (exact) mass is 111 g/mol. The molecule has 0 radical (unpaired) electrons. The first-order valence-electron chi connectivity index (χ1n) is 1.78. The van der Waals surface area contributed by atoms with E-state index in [4.69, 9.17) is 5.53 Å². The van der Waals surface area contributed by atoms with Gasteiger partial charge >= 0.3 is 5.71 Å². The lowest BCUT2D eigenvalue weighted by molar-refractivity contribution is -0.297. The van der Waals surface area contributed by atoms with Crippen LogP contribution in [0.3, 0.4) is 0 Å². The molecule has 0 heterocycles. The minimum Gasteiger partial charge on any atom is -0.539 e. The molecule has 0 amide bonds. The first kappa shape index (κ1) is 6.59. The van der Waals surface area contributed by atoms with Gasteiger partial charge in [-0.25, -0.2) is 0 Å². The summed E-state index contributed by atoms with van der Waals surface area (Å²) in [5.74, 6) is -1.54. The summed E-state index contributed by atoms with van der Waals surface area (Å²) >= 11 is 0. The molecule has 0 saturated heterocycles. The fraction of sp³-hybridized carbons (Fsp3) is 0. The number of hydrogen-bond donors (Lipinski definition) is 0. The van der Waals surface area contributed by atoms with E-state index in [0.717, 1.165) is 6.08 Å². The van der Waals surface area contributed by atoms with E-state index >= 15 is 0 Å². The van der Waals surface area contributed by atoms with Crippen LogP contribution in [0.4, 0.5) is 0 Å². The molecule has 0 spiro atoms. The van der Waals surface area contributed by atoms with E-state index in [2.05, 4.69) is 11.4 Å². The minimum atomic E-state index is -1.54. The molecule has 0 fully saturated rings. The molecule has 4 nitrogen and oxygen atoms in total. The van der Waals surface area contributed by atoms with Gasteiger partial charge in [-0.3, -0.25) is 0 Å². The zero-order valence-corrected chi connectivity index (χ0v) is 4.00. The van der Waals surface area contributed by atoms with Crippen LogP contribution in [0.25, 0.3) is 5.53 Å². The topological polar surface area (TPSA) is 76.5 Å². The Balaban J connectivity index is 4.37. The zero-order valence-electron chi connectivity index (χ0n) is 4.00. The molecule has 0 aromatic rings. The van der Waals surface area contributed by atoms with Crippen molar-refractivity contribution in [3.8, 4) is 0 Å². The van der Waals surface area contributed by atoms with Crippen LogP contribution in [0.5, 0.6) is 0 Å². The number of aliphatic carboxylic acids is 1. The minimum absolute atomic E-state index is 0.565. The van der Waals surface area contributed by atoms with Crippen LogP contribution in [0.15, 0.2) is 12.7 Å². The molecule has 0 unspecified atom stereocenters. The van der Waals surface area contributed by atoms with E-state index in [1.54, 1.807) is 0 Å². The summed E-state index contributed by atoms with van der Waals surface area (Å²) in [5.41, 5.74) is 7.23. The van der Waals surface area contributed by atoms with Gasteiger partial charge in [-0.15, -0.1) is 0 Å². The second-order valence-corrected chi connectivity index (χ2v) is 0.977. The molecule has 42 valence electrons.